The fourth-order valence-electron chi connectivity index (χ4n) is 2.54. The van der Waals surface area contributed by atoms with Gasteiger partial charge in [0.25, 0.3) is 0 Å². The van der Waals surface area contributed by atoms with Gasteiger partial charge >= 0.3 is 6.01 Å². The molecule has 2 aromatic rings. The van der Waals surface area contributed by atoms with Gasteiger partial charge in [-0.3, -0.25) is 0 Å². The van der Waals surface area contributed by atoms with Gasteiger partial charge in [-0.15, -0.1) is 5.10 Å². The van der Waals surface area contributed by atoms with E-state index in [1.165, 1.54) is 11.1 Å². The second kappa shape index (κ2) is 6.05. The second-order valence-electron chi connectivity index (χ2n) is 5.01. The fraction of sp³-hybridized carbons (Fsp3) is 0.467. The first-order valence-electron chi connectivity index (χ1n) is 7.21. The highest BCUT2D eigenvalue weighted by Crippen LogP contribution is 2.20. The number of anilines is 1. The molecule has 1 aromatic carbocycles. The molecule has 1 N–H and O–H groups in total. The fourth-order valence-corrected chi connectivity index (χ4v) is 2.54. The lowest BCUT2D eigenvalue weighted by Crippen LogP contribution is -2.26. The summed E-state index contributed by atoms with van der Waals surface area (Å²) >= 11 is 0. The summed E-state index contributed by atoms with van der Waals surface area (Å²) in [5.74, 6) is 0.656. The first-order valence-corrected chi connectivity index (χ1v) is 7.21. The Balaban J connectivity index is 1.68. The maximum atomic E-state index is 5.72. The first kappa shape index (κ1) is 13.1. The molecular formula is C15H20N4O. The molecule has 20 heavy (non-hydrogen) atoms. The number of hydrogen-bond donors (Lipinski definition) is 1. The second-order valence-corrected chi connectivity index (χ2v) is 5.01. The predicted molar refractivity (Wildman–Crippen MR) is 77.7 cm³/mol. The molecular weight excluding hydrogens is 252 g/mol. The molecule has 0 saturated carbocycles. The molecule has 0 fully saturated rings. The number of aromatic nitrogens is 2. The molecule has 1 aliphatic heterocycles. The van der Waals surface area contributed by atoms with Crippen LogP contribution in [0.2, 0.25) is 0 Å². The van der Waals surface area contributed by atoms with Crippen molar-refractivity contribution in [3.8, 4) is 0 Å². The number of fused-ring (bicyclic) bond motifs is 1. The van der Waals surface area contributed by atoms with Gasteiger partial charge in [0.05, 0.1) is 6.54 Å². The van der Waals surface area contributed by atoms with Gasteiger partial charge in [-0.1, -0.05) is 36.3 Å². The Bertz CT molecular complexity index is 540. The van der Waals surface area contributed by atoms with Crippen molar-refractivity contribution in [3.63, 3.8) is 0 Å². The highest BCUT2D eigenvalue weighted by atomic mass is 16.4. The van der Waals surface area contributed by atoms with Crippen LogP contribution in [-0.2, 0) is 19.4 Å². The van der Waals surface area contributed by atoms with E-state index in [1.54, 1.807) is 0 Å². The number of hydrogen-bond acceptors (Lipinski definition) is 5. The van der Waals surface area contributed by atoms with Crippen LogP contribution < -0.4 is 10.2 Å². The minimum Gasteiger partial charge on any atom is -0.407 e. The topological polar surface area (TPSA) is 54.2 Å². The zero-order valence-electron chi connectivity index (χ0n) is 11.8. The Morgan fingerprint density at radius 2 is 1.85 bits per heavy atom. The molecule has 0 aliphatic carbocycles. The molecule has 5 heteroatoms. The van der Waals surface area contributed by atoms with Crippen LogP contribution in [0, 0.1) is 0 Å². The van der Waals surface area contributed by atoms with Gasteiger partial charge in [0.2, 0.25) is 5.89 Å². The zero-order chi connectivity index (χ0) is 13.8. The third-order valence-corrected chi connectivity index (χ3v) is 3.67. The van der Waals surface area contributed by atoms with Crippen molar-refractivity contribution < 1.29 is 4.42 Å². The molecule has 0 radical (unpaired) electrons. The predicted octanol–water partition coefficient (Wildman–Crippen LogP) is 1.78. The van der Waals surface area contributed by atoms with Crippen LogP contribution in [0.5, 0.6) is 0 Å². The summed E-state index contributed by atoms with van der Waals surface area (Å²) in [7, 11) is 0. The molecule has 0 unspecified atom stereocenters. The van der Waals surface area contributed by atoms with Gasteiger partial charge in [-0.25, -0.2) is 0 Å². The monoisotopic (exact) mass is 272 g/mol. The van der Waals surface area contributed by atoms with Crippen molar-refractivity contribution in [2.75, 3.05) is 24.5 Å². The van der Waals surface area contributed by atoms with Crippen LogP contribution in [0.25, 0.3) is 0 Å². The number of rotatable bonds is 4. The number of nitrogens with one attached hydrogen (secondary N) is 1. The van der Waals surface area contributed by atoms with Crippen LogP contribution in [-0.4, -0.2) is 29.8 Å². The SMILES string of the molecule is CCNCc1nnc(N2CCc3ccccc3CC2)o1. The largest absolute Gasteiger partial charge is 0.407 e. The molecule has 1 aromatic heterocycles. The van der Waals surface area contributed by atoms with Gasteiger partial charge in [0, 0.05) is 13.1 Å². The maximum absolute atomic E-state index is 5.72. The summed E-state index contributed by atoms with van der Waals surface area (Å²) < 4.78 is 5.72. The lowest BCUT2D eigenvalue weighted by molar-refractivity contribution is 0.465. The Labute approximate surface area is 119 Å². The van der Waals surface area contributed by atoms with Gasteiger partial charge in [0.1, 0.15) is 0 Å². The van der Waals surface area contributed by atoms with Crippen LogP contribution in [0.15, 0.2) is 28.7 Å². The average Bonchev–Trinajstić information content (AvgIpc) is 2.84. The number of benzene rings is 1. The molecule has 0 bridgehead atoms. The molecule has 106 valence electrons. The van der Waals surface area contributed by atoms with E-state index in [2.05, 4.69) is 51.6 Å². The molecule has 0 spiro atoms. The first-order chi connectivity index (χ1) is 9.86. The summed E-state index contributed by atoms with van der Waals surface area (Å²) in [5.41, 5.74) is 2.87. The van der Waals surface area contributed by atoms with Crippen LogP contribution >= 0.6 is 0 Å². The summed E-state index contributed by atoms with van der Waals surface area (Å²) in [6, 6.07) is 9.28. The lowest BCUT2D eigenvalue weighted by atomic mass is 10.0. The third-order valence-electron chi connectivity index (χ3n) is 3.67. The Morgan fingerprint density at radius 1 is 1.15 bits per heavy atom. The maximum Gasteiger partial charge on any atom is 0.318 e. The van der Waals surface area contributed by atoms with E-state index in [0.717, 1.165) is 32.5 Å². The van der Waals surface area contributed by atoms with Crippen LogP contribution in [0.4, 0.5) is 6.01 Å². The highest BCUT2D eigenvalue weighted by molar-refractivity contribution is 5.34. The van der Waals surface area contributed by atoms with E-state index in [1.807, 2.05) is 0 Å². The van der Waals surface area contributed by atoms with Crippen molar-refractivity contribution in [2.45, 2.75) is 26.3 Å². The Morgan fingerprint density at radius 3 is 2.50 bits per heavy atom. The molecule has 2 heterocycles. The van der Waals surface area contributed by atoms with E-state index in [-0.39, 0.29) is 0 Å². The Kier molecular flexibility index (Phi) is 3.97. The van der Waals surface area contributed by atoms with Crippen molar-refractivity contribution in [1.82, 2.24) is 15.5 Å². The minimum atomic E-state index is 0.636. The summed E-state index contributed by atoms with van der Waals surface area (Å²) in [6.07, 6.45) is 2.06. The average molecular weight is 272 g/mol. The van der Waals surface area contributed by atoms with E-state index < -0.39 is 0 Å². The number of nitrogens with zero attached hydrogens (tertiary/aromatic N) is 3. The standard InChI is InChI=1S/C15H20N4O/c1-2-16-11-14-17-18-15(20-14)19-9-7-12-5-3-4-6-13(12)8-10-19/h3-6,16H,2,7-11H2,1H3. The quantitative estimate of drug-likeness (QED) is 0.919. The molecule has 0 saturated heterocycles. The van der Waals surface area contributed by atoms with Crippen molar-refractivity contribution in [3.05, 3.63) is 41.3 Å². The van der Waals surface area contributed by atoms with Crippen molar-refractivity contribution >= 4 is 6.01 Å². The zero-order valence-corrected chi connectivity index (χ0v) is 11.8. The third kappa shape index (κ3) is 2.82. The van der Waals surface area contributed by atoms with Crippen molar-refractivity contribution in [2.24, 2.45) is 0 Å². The van der Waals surface area contributed by atoms with E-state index in [9.17, 15) is 0 Å². The van der Waals surface area contributed by atoms with Crippen molar-refractivity contribution in [1.29, 1.82) is 0 Å². The van der Waals surface area contributed by atoms with E-state index >= 15 is 0 Å². The van der Waals surface area contributed by atoms with Gasteiger partial charge in [-0.2, -0.15) is 0 Å². The van der Waals surface area contributed by atoms with E-state index in [0.29, 0.717) is 18.5 Å². The Hall–Kier alpha value is -1.88. The smallest absolute Gasteiger partial charge is 0.318 e. The van der Waals surface area contributed by atoms with Gasteiger partial charge in [-0.05, 0) is 30.5 Å². The summed E-state index contributed by atoms with van der Waals surface area (Å²) in [5, 5.41) is 11.4. The highest BCUT2D eigenvalue weighted by Gasteiger charge is 2.18. The van der Waals surface area contributed by atoms with Gasteiger partial charge in [0.15, 0.2) is 0 Å². The van der Waals surface area contributed by atoms with Gasteiger partial charge < -0.3 is 14.6 Å². The molecule has 1 aliphatic rings. The normalized spacial score (nSPS) is 14.9. The molecule has 3 rings (SSSR count). The summed E-state index contributed by atoms with van der Waals surface area (Å²) in [6.45, 7) is 5.46. The summed E-state index contributed by atoms with van der Waals surface area (Å²) in [4.78, 5) is 2.18. The lowest BCUT2D eigenvalue weighted by Gasteiger charge is -2.16. The molecule has 5 nitrogen and oxygen atoms in total. The molecule has 0 amide bonds. The van der Waals surface area contributed by atoms with Crippen LogP contribution in [0.3, 0.4) is 0 Å². The minimum absolute atomic E-state index is 0.636. The molecule has 0 atom stereocenters. The van der Waals surface area contributed by atoms with E-state index in [4.69, 9.17) is 4.42 Å². The van der Waals surface area contributed by atoms with Crippen LogP contribution in [0.1, 0.15) is 23.9 Å².